The first kappa shape index (κ1) is 18.1. The van der Waals surface area contributed by atoms with E-state index in [0.717, 1.165) is 17.7 Å². The van der Waals surface area contributed by atoms with Gasteiger partial charge in [0.05, 0.1) is 17.2 Å². The number of rotatable bonds is 7. The Morgan fingerprint density at radius 3 is 2.78 bits per heavy atom. The third-order valence-corrected chi connectivity index (χ3v) is 3.49. The molecule has 2 aromatic heterocycles. The number of benzene rings is 1. The zero-order valence-corrected chi connectivity index (χ0v) is 14.0. The highest BCUT2D eigenvalue weighted by Crippen LogP contribution is 2.26. The van der Waals surface area contributed by atoms with E-state index >= 15 is 0 Å². The van der Waals surface area contributed by atoms with Crippen LogP contribution in [-0.2, 0) is 0 Å². The minimum absolute atomic E-state index is 0.104. The van der Waals surface area contributed by atoms with Gasteiger partial charge in [-0.25, -0.2) is 4.98 Å². The number of aliphatic hydroxyl groups excluding tert-OH is 1. The number of aromatic nitrogens is 3. The molecule has 3 N–H and O–H groups in total. The molecule has 0 unspecified atom stereocenters. The van der Waals surface area contributed by atoms with Crippen molar-refractivity contribution >= 4 is 23.1 Å². The molecular weight excluding hydrogens is 355 g/mol. The van der Waals surface area contributed by atoms with Crippen molar-refractivity contribution in [3.63, 3.8) is 0 Å². The first-order valence-corrected chi connectivity index (χ1v) is 7.92. The molecule has 0 saturated heterocycles. The molecule has 2 heterocycles. The molecule has 3 aromatic rings. The van der Waals surface area contributed by atoms with Gasteiger partial charge in [0, 0.05) is 42.3 Å². The van der Waals surface area contributed by atoms with Gasteiger partial charge < -0.3 is 15.7 Å². The highest BCUT2D eigenvalue weighted by atomic mass is 19.1. The lowest BCUT2D eigenvalue weighted by atomic mass is 10.2. The second kappa shape index (κ2) is 8.15. The average molecular weight is 370 g/mol. The minimum Gasteiger partial charge on any atom is -0.395 e. The van der Waals surface area contributed by atoms with E-state index in [1.165, 1.54) is 6.07 Å². The van der Waals surface area contributed by atoms with Crippen LogP contribution in [0.15, 0.2) is 48.8 Å². The molecule has 27 heavy (non-hydrogen) atoms. The van der Waals surface area contributed by atoms with Gasteiger partial charge in [0.2, 0.25) is 11.8 Å². The highest BCUT2D eigenvalue weighted by Gasteiger charge is 2.15. The van der Waals surface area contributed by atoms with Gasteiger partial charge in [-0.05, 0) is 24.3 Å². The summed E-state index contributed by atoms with van der Waals surface area (Å²) < 4.78 is 13.5. The van der Waals surface area contributed by atoms with Crippen molar-refractivity contribution in [2.24, 2.45) is 0 Å². The summed E-state index contributed by atoms with van der Waals surface area (Å²) in [5, 5.41) is 25.7. The molecule has 0 aliphatic carbocycles. The number of aliphatic hydroxyl groups is 1. The van der Waals surface area contributed by atoms with E-state index in [9.17, 15) is 14.5 Å². The minimum atomic E-state index is -0.922. The maximum absolute atomic E-state index is 13.5. The van der Waals surface area contributed by atoms with Crippen LogP contribution in [0.2, 0.25) is 0 Å². The smallest absolute Gasteiger partial charge is 0.306 e. The number of pyridine rings is 1. The van der Waals surface area contributed by atoms with Crippen molar-refractivity contribution in [3.05, 3.63) is 64.7 Å². The molecule has 1 aromatic carbocycles. The number of nitro benzene ring substituents is 1. The van der Waals surface area contributed by atoms with Crippen molar-refractivity contribution < 1.29 is 14.4 Å². The fourth-order valence-electron chi connectivity index (χ4n) is 2.30. The Hall–Kier alpha value is -3.66. The van der Waals surface area contributed by atoms with Crippen molar-refractivity contribution in [2.75, 3.05) is 23.8 Å². The van der Waals surface area contributed by atoms with Gasteiger partial charge in [0.25, 0.3) is 0 Å². The Morgan fingerprint density at radius 2 is 2.07 bits per heavy atom. The number of nitrogens with zero attached hydrogens (tertiary/aromatic N) is 4. The molecular formula is C17H15FN6O3. The van der Waals surface area contributed by atoms with Gasteiger partial charge >= 0.3 is 5.69 Å². The zero-order chi connectivity index (χ0) is 19.2. The van der Waals surface area contributed by atoms with Crippen molar-refractivity contribution in [3.8, 4) is 11.3 Å². The Kier molecular flexibility index (Phi) is 5.47. The number of halogens is 1. The Bertz CT molecular complexity index is 955. The molecule has 0 radical (unpaired) electrons. The summed E-state index contributed by atoms with van der Waals surface area (Å²) in [6, 6.07) is 8.67. The maximum Gasteiger partial charge on any atom is 0.306 e. The number of nitro groups is 1. The normalized spacial score (nSPS) is 10.4. The molecule has 0 bridgehead atoms. The lowest BCUT2D eigenvalue weighted by molar-refractivity contribution is -0.387. The molecule has 0 amide bonds. The first-order valence-electron chi connectivity index (χ1n) is 7.92. The Labute approximate surface area is 153 Å². The zero-order valence-electron chi connectivity index (χ0n) is 14.0. The third-order valence-electron chi connectivity index (χ3n) is 3.49. The van der Waals surface area contributed by atoms with Crippen LogP contribution in [0.25, 0.3) is 11.3 Å². The van der Waals surface area contributed by atoms with Crippen LogP contribution in [0, 0.1) is 15.9 Å². The van der Waals surface area contributed by atoms with Crippen LogP contribution < -0.4 is 10.6 Å². The third kappa shape index (κ3) is 4.50. The average Bonchev–Trinajstić information content (AvgIpc) is 2.68. The Morgan fingerprint density at radius 1 is 1.22 bits per heavy atom. The topological polar surface area (TPSA) is 126 Å². The monoisotopic (exact) mass is 370 g/mol. The van der Waals surface area contributed by atoms with E-state index in [2.05, 4.69) is 25.6 Å². The largest absolute Gasteiger partial charge is 0.395 e. The van der Waals surface area contributed by atoms with Crippen molar-refractivity contribution in [2.45, 2.75) is 0 Å². The molecule has 9 nitrogen and oxygen atoms in total. The molecule has 0 aliphatic heterocycles. The predicted octanol–water partition coefficient (Wildman–Crippen LogP) is 2.73. The van der Waals surface area contributed by atoms with E-state index in [1.54, 1.807) is 24.5 Å². The molecule has 3 rings (SSSR count). The van der Waals surface area contributed by atoms with E-state index in [4.69, 9.17) is 5.11 Å². The van der Waals surface area contributed by atoms with Crippen LogP contribution in [0.5, 0.6) is 0 Å². The number of anilines is 3. The summed E-state index contributed by atoms with van der Waals surface area (Å²) >= 11 is 0. The molecule has 0 fully saturated rings. The molecule has 10 heteroatoms. The van der Waals surface area contributed by atoms with Crippen molar-refractivity contribution in [1.29, 1.82) is 0 Å². The van der Waals surface area contributed by atoms with E-state index < -0.39 is 16.4 Å². The second-order valence-corrected chi connectivity index (χ2v) is 5.40. The van der Waals surface area contributed by atoms with Crippen LogP contribution in [0.3, 0.4) is 0 Å². The van der Waals surface area contributed by atoms with Gasteiger partial charge in [-0.15, -0.1) is 0 Å². The molecule has 0 aliphatic rings. The van der Waals surface area contributed by atoms with Crippen molar-refractivity contribution in [1.82, 2.24) is 15.0 Å². The molecule has 0 saturated carbocycles. The van der Waals surface area contributed by atoms with Gasteiger partial charge in [0.1, 0.15) is 5.82 Å². The van der Waals surface area contributed by atoms with Gasteiger partial charge in [-0.2, -0.15) is 9.37 Å². The lowest BCUT2D eigenvalue weighted by Crippen LogP contribution is -2.10. The van der Waals surface area contributed by atoms with E-state index in [-0.39, 0.29) is 19.1 Å². The SMILES string of the molecule is O=[N+]([O-])c1cc(Nc2cc(-c3cccnc3)nc(NCCO)n2)ccc1F. The fourth-order valence-corrected chi connectivity index (χ4v) is 2.30. The number of hydrogen-bond donors (Lipinski definition) is 3. The predicted molar refractivity (Wildman–Crippen MR) is 97.2 cm³/mol. The maximum atomic E-state index is 13.5. The summed E-state index contributed by atoms with van der Waals surface area (Å²) in [6.45, 7) is 0.144. The van der Waals surface area contributed by atoms with E-state index in [1.807, 2.05) is 6.07 Å². The molecule has 138 valence electrons. The summed E-state index contributed by atoms with van der Waals surface area (Å²) in [5.74, 6) is -0.329. The molecule has 0 spiro atoms. The summed E-state index contributed by atoms with van der Waals surface area (Å²) in [7, 11) is 0. The number of hydrogen-bond acceptors (Lipinski definition) is 8. The lowest BCUT2D eigenvalue weighted by Gasteiger charge is -2.11. The summed E-state index contributed by atoms with van der Waals surface area (Å²) in [4.78, 5) is 22.8. The van der Waals surface area contributed by atoms with Crippen LogP contribution >= 0.6 is 0 Å². The van der Waals surface area contributed by atoms with Crippen LogP contribution in [0.1, 0.15) is 0 Å². The van der Waals surface area contributed by atoms with Gasteiger partial charge in [-0.3, -0.25) is 15.1 Å². The standard InChI is InChI=1S/C17H15FN6O3/c18-13-4-3-12(8-15(13)24(26)27)21-16-9-14(11-2-1-5-19-10-11)22-17(23-16)20-6-7-25/h1-5,8-10,25H,6-7H2,(H2,20,21,22,23). The van der Waals surface area contributed by atoms with Gasteiger partial charge in [-0.1, -0.05) is 0 Å². The number of nitrogens with one attached hydrogen (secondary N) is 2. The quantitative estimate of drug-likeness (QED) is 0.428. The summed E-state index contributed by atoms with van der Waals surface area (Å²) in [5.41, 5.74) is 0.949. The van der Waals surface area contributed by atoms with Gasteiger partial charge in [0.15, 0.2) is 0 Å². The second-order valence-electron chi connectivity index (χ2n) is 5.40. The van der Waals surface area contributed by atoms with E-state index in [0.29, 0.717) is 17.2 Å². The molecule has 0 atom stereocenters. The Balaban J connectivity index is 1.96. The van der Waals surface area contributed by atoms with Crippen LogP contribution in [0.4, 0.5) is 27.5 Å². The fraction of sp³-hybridized carbons (Fsp3) is 0.118. The summed E-state index contributed by atoms with van der Waals surface area (Å²) in [6.07, 6.45) is 3.26. The highest BCUT2D eigenvalue weighted by molar-refractivity contribution is 5.67. The van der Waals surface area contributed by atoms with Crippen LogP contribution in [-0.4, -0.2) is 38.1 Å². The first-order chi connectivity index (χ1) is 13.1.